The molecule has 1 unspecified atom stereocenters. The van der Waals surface area contributed by atoms with Gasteiger partial charge in [-0.1, -0.05) is 6.92 Å². The molecular formula is C9H18O4. The predicted molar refractivity (Wildman–Crippen MR) is 48.5 cm³/mol. The van der Waals surface area contributed by atoms with E-state index in [-0.39, 0.29) is 24.8 Å². The molecule has 0 aromatic carbocycles. The van der Waals surface area contributed by atoms with Crippen molar-refractivity contribution >= 4 is 5.97 Å². The van der Waals surface area contributed by atoms with Gasteiger partial charge in [0.25, 0.3) is 0 Å². The van der Waals surface area contributed by atoms with Gasteiger partial charge in [0.1, 0.15) is 13.2 Å². The second-order valence-electron chi connectivity index (χ2n) is 3.10. The molecule has 0 saturated carbocycles. The number of carbonyl (C=O) groups is 1. The van der Waals surface area contributed by atoms with E-state index in [1.807, 2.05) is 13.8 Å². The molecule has 0 aromatic heterocycles. The number of esters is 1. The monoisotopic (exact) mass is 190 g/mol. The summed E-state index contributed by atoms with van der Waals surface area (Å²) in [6, 6.07) is 0. The molecule has 0 aromatic rings. The Balaban J connectivity index is 3.78. The Morgan fingerprint density at radius 1 is 1.38 bits per heavy atom. The minimum absolute atomic E-state index is 0.0104. The van der Waals surface area contributed by atoms with Crippen molar-refractivity contribution in [2.45, 2.75) is 25.9 Å². The van der Waals surface area contributed by atoms with E-state index < -0.39 is 0 Å². The molecule has 0 rings (SSSR count). The van der Waals surface area contributed by atoms with Crippen LogP contribution in [0, 0.1) is 0 Å². The topological polar surface area (TPSA) is 44.8 Å². The van der Waals surface area contributed by atoms with Crippen LogP contribution in [-0.4, -0.2) is 39.0 Å². The van der Waals surface area contributed by atoms with Crippen molar-refractivity contribution in [3.63, 3.8) is 0 Å². The van der Waals surface area contributed by atoms with Crippen LogP contribution in [0.1, 0.15) is 20.3 Å². The molecule has 0 aliphatic rings. The van der Waals surface area contributed by atoms with Gasteiger partial charge in [0.2, 0.25) is 0 Å². The van der Waals surface area contributed by atoms with Crippen molar-refractivity contribution in [1.82, 2.24) is 0 Å². The molecular weight excluding hydrogens is 172 g/mol. The highest BCUT2D eigenvalue weighted by Gasteiger charge is 2.23. The zero-order valence-electron chi connectivity index (χ0n) is 8.75. The van der Waals surface area contributed by atoms with Gasteiger partial charge in [-0.05, 0) is 13.3 Å². The van der Waals surface area contributed by atoms with Crippen molar-refractivity contribution < 1.29 is 19.0 Å². The lowest BCUT2D eigenvalue weighted by molar-refractivity contribution is -0.156. The molecule has 4 heteroatoms. The lowest BCUT2D eigenvalue weighted by Gasteiger charge is -2.25. The molecule has 0 fully saturated rings. The van der Waals surface area contributed by atoms with Crippen LogP contribution < -0.4 is 0 Å². The van der Waals surface area contributed by atoms with Gasteiger partial charge in [0.05, 0.1) is 5.60 Å². The maximum absolute atomic E-state index is 10.9. The second-order valence-corrected chi connectivity index (χ2v) is 3.10. The first-order chi connectivity index (χ1) is 6.08. The number of hydrogen-bond donors (Lipinski definition) is 0. The normalized spacial score (nSPS) is 15.1. The number of ether oxygens (including phenoxy) is 3. The van der Waals surface area contributed by atoms with Gasteiger partial charge < -0.3 is 14.2 Å². The molecule has 0 bridgehead atoms. The maximum atomic E-state index is 10.9. The highest BCUT2D eigenvalue weighted by molar-refractivity contribution is 5.70. The average molecular weight is 190 g/mol. The first kappa shape index (κ1) is 12.4. The molecule has 4 nitrogen and oxygen atoms in total. The summed E-state index contributed by atoms with van der Waals surface area (Å²) in [5, 5.41) is 0. The fraction of sp³-hybridized carbons (Fsp3) is 0.889. The molecule has 0 heterocycles. The predicted octanol–water partition coefficient (Wildman–Crippen LogP) is 0.991. The van der Waals surface area contributed by atoms with Crippen LogP contribution in [0.3, 0.4) is 0 Å². The molecule has 13 heavy (non-hydrogen) atoms. The van der Waals surface area contributed by atoms with Crippen LogP contribution in [0.25, 0.3) is 0 Å². The van der Waals surface area contributed by atoms with E-state index in [0.29, 0.717) is 0 Å². The lowest BCUT2D eigenvalue weighted by Crippen LogP contribution is -2.34. The molecule has 78 valence electrons. The quantitative estimate of drug-likeness (QED) is 0.586. The fourth-order valence-corrected chi connectivity index (χ4v) is 0.698. The van der Waals surface area contributed by atoms with Crippen LogP contribution in [0.2, 0.25) is 0 Å². The van der Waals surface area contributed by atoms with Gasteiger partial charge in [-0.25, -0.2) is 4.79 Å². The molecule has 0 radical (unpaired) electrons. The maximum Gasteiger partial charge on any atom is 0.332 e. The van der Waals surface area contributed by atoms with Crippen molar-refractivity contribution in [3.05, 3.63) is 0 Å². The number of methoxy groups -OCH3 is 2. The van der Waals surface area contributed by atoms with Crippen LogP contribution >= 0.6 is 0 Å². The van der Waals surface area contributed by atoms with Gasteiger partial charge in [0, 0.05) is 14.2 Å². The summed E-state index contributed by atoms with van der Waals surface area (Å²) < 4.78 is 14.8. The standard InChI is InChI=1S/C9H18O4/c1-5-9(2,12-4)7-13-8(10)6-11-3/h5-7H2,1-4H3. The third kappa shape index (κ3) is 4.85. The number of rotatable bonds is 6. The van der Waals surface area contributed by atoms with Crippen molar-refractivity contribution in [1.29, 1.82) is 0 Å². The first-order valence-corrected chi connectivity index (χ1v) is 4.27. The Morgan fingerprint density at radius 3 is 2.38 bits per heavy atom. The summed E-state index contributed by atoms with van der Waals surface area (Å²) in [6.07, 6.45) is 0.795. The summed E-state index contributed by atoms with van der Waals surface area (Å²) in [5.41, 5.74) is -0.386. The van der Waals surface area contributed by atoms with E-state index in [4.69, 9.17) is 9.47 Å². The number of carbonyl (C=O) groups excluding carboxylic acids is 1. The lowest BCUT2D eigenvalue weighted by atomic mass is 10.1. The van der Waals surface area contributed by atoms with Crippen LogP contribution in [0.5, 0.6) is 0 Å². The van der Waals surface area contributed by atoms with Crippen LogP contribution in [-0.2, 0) is 19.0 Å². The van der Waals surface area contributed by atoms with Crippen molar-refractivity contribution in [3.8, 4) is 0 Å². The van der Waals surface area contributed by atoms with E-state index >= 15 is 0 Å². The molecule has 0 aliphatic carbocycles. The Labute approximate surface area is 79.2 Å². The average Bonchev–Trinajstić information content (AvgIpc) is 2.15. The Morgan fingerprint density at radius 2 is 2.00 bits per heavy atom. The molecule has 1 atom stereocenters. The minimum Gasteiger partial charge on any atom is -0.461 e. The van der Waals surface area contributed by atoms with E-state index in [9.17, 15) is 4.79 Å². The molecule has 0 amide bonds. The smallest absolute Gasteiger partial charge is 0.332 e. The van der Waals surface area contributed by atoms with Crippen molar-refractivity contribution in [2.75, 3.05) is 27.4 Å². The summed E-state index contributed by atoms with van der Waals surface area (Å²) in [6.45, 7) is 4.13. The van der Waals surface area contributed by atoms with E-state index in [1.165, 1.54) is 7.11 Å². The Hall–Kier alpha value is -0.610. The van der Waals surface area contributed by atoms with E-state index in [1.54, 1.807) is 7.11 Å². The summed E-state index contributed by atoms with van der Waals surface area (Å²) in [7, 11) is 3.06. The second kappa shape index (κ2) is 5.94. The summed E-state index contributed by atoms with van der Waals surface area (Å²) in [4.78, 5) is 10.9. The third-order valence-electron chi connectivity index (χ3n) is 2.04. The molecule has 0 aliphatic heterocycles. The fourth-order valence-electron chi connectivity index (χ4n) is 0.698. The molecule has 0 saturated heterocycles. The zero-order valence-corrected chi connectivity index (χ0v) is 8.75. The van der Waals surface area contributed by atoms with Gasteiger partial charge in [-0.2, -0.15) is 0 Å². The van der Waals surface area contributed by atoms with Crippen LogP contribution in [0.4, 0.5) is 0 Å². The zero-order chi connectivity index (χ0) is 10.3. The largest absolute Gasteiger partial charge is 0.461 e. The highest BCUT2D eigenvalue weighted by Crippen LogP contribution is 2.13. The first-order valence-electron chi connectivity index (χ1n) is 4.27. The Kier molecular flexibility index (Phi) is 5.66. The summed E-state index contributed by atoms with van der Waals surface area (Å²) in [5.74, 6) is -0.362. The highest BCUT2D eigenvalue weighted by atomic mass is 16.6. The Bertz CT molecular complexity index is 152. The SMILES string of the molecule is CCC(C)(COC(=O)COC)OC. The molecule has 0 N–H and O–H groups in total. The van der Waals surface area contributed by atoms with E-state index in [2.05, 4.69) is 4.74 Å². The van der Waals surface area contributed by atoms with Crippen LogP contribution in [0.15, 0.2) is 0 Å². The number of hydrogen-bond acceptors (Lipinski definition) is 4. The van der Waals surface area contributed by atoms with Gasteiger partial charge in [-0.3, -0.25) is 0 Å². The third-order valence-corrected chi connectivity index (χ3v) is 2.04. The van der Waals surface area contributed by atoms with E-state index in [0.717, 1.165) is 6.42 Å². The summed E-state index contributed by atoms with van der Waals surface area (Å²) >= 11 is 0. The van der Waals surface area contributed by atoms with Gasteiger partial charge in [0.15, 0.2) is 0 Å². The van der Waals surface area contributed by atoms with Gasteiger partial charge in [-0.15, -0.1) is 0 Å². The minimum atomic E-state index is -0.386. The molecule has 0 spiro atoms. The van der Waals surface area contributed by atoms with Crippen molar-refractivity contribution in [2.24, 2.45) is 0 Å². The van der Waals surface area contributed by atoms with Gasteiger partial charge >= 0.3 is 5.97 Å².